The summed E-state index contributed by atoms with van der Waals surface area (Å²) < 4.78 is 7.24. The number of carbonyl (C=O) groups is 2. The van der Waals surface area contributed by atoms with Gasteiger partial charge in [0.15, 0.2) is 5.78 Å². The number of hydrogen-bond acceptors (Lipinski definition) is 3. The first-order valence-electron chi connectivity index (χ1n) is 7.40. The van der Waals surface area contributed by atoms with Gasteiger partial charge in [-0.25, -0.2) is 4.79 Å². The van der Waals surface area contributed by atoms with Gasteiger partial charge in [-0.05, 0) is 39.7 Å². The van der Waals surface area contributed by atoms with Crippen LogP contribution in [0.3, 0.4) is 0 Å². The molecule has 0 saturated carbocycles. The number of ketones is 1. The molecule has 5 heteroatoms. The van der Waals surface area contributed by atoms with E-state index in [2.05, 4.69) is 0 Å². The van der Waals surface area contributed by atoms with Gasteiger partial charge in [-0.1, -0.05) is 0 Å². The first-order valence-corrected chi connectivity index (χ1v) is 7.40. The molecule has 0 unspecified atom stereocenters. The van der Waals surface area contributed by atoms with Crippen molar-refractivity contribution in [2.75, 3.05) is 13.1 Å². The number of aryl methyl sites for hydroxylation is 1. The fourth-order valence-corrected chi connectivity index (χ4v) is 2.54. The minimum atomic E-state index is -0.478. The van der Waals surface area contributed by atoms with Crippen molar-refractivity contribution in [2.24, 2.45) is 13.0 Å². The van der Waals surface area contributed by atoms with E-state index in [-0.39, 0.29) is 17.8 Å². The molecule has 5 nitrogen and oxygen atoms in total. The second-order valence-corrected chi connectivity index (χ2v) is 6.67. The number of amides is 1. The smallest absolute Gasteiger partial charge is 0.410 e. The van der Waals surface area contributed by atoms with Crippen LogP contribution in [0.5, 0.6) is 0 Å². The molecule has 2 rings (SSSR count). The van der Waals surface area contributed by atoms with Crippen LogP contribution in [0.15, 0.2) is 18.5 Å². The molecule has 0 bridgehead atoms. The lowest BCUT2D eigenvalue weighted by Gasteiger charge is -2.32. The highest BCUT2D eigenvalue weighted by atomic mass is 16.6. The van der Waals surface area contributed by atoms with Crippen LogP contribution in [0.1, 0.15) is 44.0 Å². The fourth-order valence-electron chi connectivity index (χ4n) is 2.54. The molecule has 1 aromatic rings. The molecular formula is C16H24N2O3. The normalized spacial score (nSPS) is 16.9. The van der Waals surface area contributed by atoms with E-state index in [1.165, 1.54) is 0 Å². The summed E-state index contributed by atoms with van der Waals surface area (Å²) in [6.07, 6.45) is 4.85. The lowest BCUT2D eigenvalue weighted by molar-refractivity contribution is 0.0182. The van der Waals surface area contributed by atoms with Gasteiger partial charge in [0.1, 0.15) is 5.60 Å². The molecule has 1 amide bonds. The first kappa shape index (κ1) is 15.6. The fraction of sp³-hybridized carbons (Fsp3) is 0.625. The van der Waals surface area contributed by atoms with E-state index in [1.807, 2.05) is 50.8 Å². The number of likely N-dealkylation sites (tertiary alicyclic amines) is 1. The van der Waals surface area contributed by atoms with Gasteiger partial charge in [-0.3, -0.25) is 4.79 Å². The van der Waals surface area contributed by atoms with Gasteiger partial charge in [0.2, 0.25) is 0 Å². The molecule has 1 aliphatic heterocycles. The third-order valence-electron chi connectivity index (χ3n) is 3.63. The van der Waals surface area contributed by atoms with E-state index in [0.717, 1.165) is 5.56 Å². The lowest BCUT2D eigenvalue weighted by Crippen LogP contribution is -2.42. The number of hydrogen-bond donors (Lipinski definition) is 0. The third kappa shape index (κ3) is 4.09. The summed E-state index contributed by atoms with van der Waals surface area (Å²) in [5, 5.41) is 0. The predicted octanol–water partition coefficient (Wildman–Crippen LogP) is 2.85. The van der Waals surface area contributed by atoms with E-state index < -0.39 is 5.60 Å². The molecule has 21 heavy (non-hydrogen) atoms. The number of Topliss-reactive ketones (excluding diaryl/α,β-unsaturated/α-hetero) is 1. The first-order chi connectivity index (χ1) is 9.76. The Hall–Kier alpha value is -1.78. The number of aromatic nitrogens is 1. The summed E-state index contributed by atoms with van der Waals surface area (Å²) in [5.41, 5.74) is 0.279. The molecule has 1 aromatic heterocycles. The van der Waals surface area contributed by atoms with Crippen molar-refractivity contribution in [3.8, 4) is 0 Å². The van der Waals surface area contributed by atoms with Gasteiger partial charge in [-0.15, -0.1) is 0 Å². The van der Waals surface area contributed by atoms with E-state index in [9.17, 15) is 9.59 Å². The summed E-state index contributed by atoms with van der Waals surface area (Å²) in [6.45, 7) is 6.74. The number of nitrogens with zero attached hydrogens (tertiary/aromatic N) is 2. The number of piperidine rings is 1. The second kappa shape index (κ2) is 5.92. The molecule has 0 aliphatic carbocycles. The van der Waals surface area contributed by atoms with Gasteiger partial charge in [0.05, 0.1) is 0 Å². The van der Waals surface area contributed by atoms with Crippen LogP contribution in [0.2, 0.25) is 0 Å². The zero-order valence-corrected chi connectivity index (χ0v) is 13.3. The summed E-state index contributed by atoms with van der Waals surface area (Å²) in [4.78, 5) is 26.0. The topological polar surface area (TPSA) is 51.5 Å². The van der Waals surface area contributed by atoms with Gasteiger partial charge in [-0.2, -0.15) is 0 Å². The van der Waals surface area contributed by atoms with Crippen LogP contribution in [0.4, 0.5) is 4.79 Å². The van der Waals surface area contributed by atoms with Crippen molar-refractivity contribution in [3.05, 3.63) is 24.0 Å². The van der Waals surface area contributed by atoms with Crippen LogP contribution in [-0.4, -0.2) is 40.0 Å². The monoisotopic (exact) mass is 292 g/mol. The third-order valence-corrected chi connectivity index (χ3v) is 3.63. The number of ether oxygens (including phenoxy) is 1. The molecule has 1 fully saturated rings. The van der Waals surface area contributed by atoms with Crippen LogP contribution < -0.4 is 0 Å². The molecule has 2 heterocycles. The molecule has 0 spiro atoms. The molecule has 0 atom stereocenters. The standard InChI is InChI=1S/C16H24N2O3/c1-16(2,3)21-15(20)18-9-6-12(7-10-18)14(19)13-5-8-17(4)11-13/h5,8,11-12H,6-7,9-10H2,1-4H3. The van der Waals surface area contributed by atoms with Gasteiger partial charge in [0.25, 0.3) is 0 Å². The number of rotatable bonds is 2. The molecule has 116 valence electrons. The summed E-state index contributed by atoms with van der Waals surface area (Å²) in [5.74, 6) is 0.186. The van der Waals surface area contributed by atoms with E-state index in [1.54, 1.807) is 4.90 Å². The van der Waals surface area contributed by atoms with Crippen molar-refractivity contribution in [1.82, 2.24) is 9.47 Å². The van der Waals surface area contributed by atoms with Crippen LogP contribution in [0.25, 0.3) is 0 Å². The quantitative estimate of drug-likeness (QED) is 0.788. The van der Waals surface area contributed by atoms with Gasteiger partial charge in [0, 0.05) is 44.0 Å². The second-order valence-electron chi connectivity index (χ2n) is 6.67. The Morgan fingerprint density at radius 1 is 1.24 bits per heavy atom. The maximum Gasteiger partial charge on any atom is 0.410 e. The Labute approximate surface area is 125 Å². The van der Waals surface area contributed by atoms with E-state index >= 15 is 0 Å². The Bertz CT molecular complexity index is 520. The Morgan fingerprint density at radius 2 is 1.86 bits per heavy atom. The van der Waals surface area contributed by atoms with E-state index in [0.29, 0.717) is 25.9 Å². The van der Waals surface area contributed by atoms with Crippen LogP contribution >= 0.6 is 0 Å². The highest BCUT2D eigenvalue weighted by Crippen LogP contribution is 2.23. The number of carbonyl (C=O) groups excluding carboxylic acids is 2. The zero-order valence-electron chi connectivity index (χ0n) is 13.3. The Balaban J connectivity index is 1.88. The molecular weight excluding hydrogens is 268 g/mol. The Kier molecular flexibility index (Phi) is 4.40. The summed E-state index contributed by atoms with van der Waals surface area (Å²) >= 11 is 0. The maximum absolute atomic E-state index is 12.4. The van der Waals surface area contributed by atoms with Crippen LogP contribution in [0, 0.1) is 5.92 Å². The molecule has 0 radical (unpaired) electrons. The largest absolute Gasteiger partial charge is 0.444 e. The van der Waals surface area contributed by atoms with Crippen molar-refractivity contribution >= 4 is 11.9 Å². The van der Waals surface area contributed by atoms with E-state index in [4.69, 9.17) is 4.74 Å². The van der Waals surface area contributed by atoms with Crippen molar-refractivity contribution < 1.29 is 14.3 Å². The average Bonchev–Trinajstić information content (AvgIpc) is 2.83. The van der Waals surface area contributed by atoms with Crippen molar-refractivity contribution in [3.63, 3.8) is 0 Å². The molecule has 0 N–H and O–H groups in total. The van der Waals surface area contributed by atoms with Gasteiger partial charge < -0.3 is 14.2 Å². The highest BCUT2D eigenvalue weighted by Gasteiger charge is 2.30. The van der Waals surface area contributed by atoms with Crippen LogP contribution in [-0.2, 0) is 11.8 Å². The summed E-state index contributed by atoms with van der Waals surface area (Å²) in [6, 6.07) is 1.85. The predicted molar refractivity (Wildman–Crippen MR) is 80.3 cm³/mol. The zero-order chi connectivity index (χ0) is 15.6. The minimum absolute atomic E-state index is 0.00564. The molecule has 0 aromatic carbocycles. The maximum atomic E-state index is 12.4. The average molecular weight is 292 g/mol. The van der Waals surface area contributed by atoms with Gasteiger partial charge >= 0.3 is 6.09 Å². The molecule has 1 saturated heterocycles. The lowest BCUT2D eigenvalue weighted by atomic mass is 9.90. The molecule has 1 aliphatic rings. The van der Waals surface area contributed by atoms with Crippen molar-refractivity contribution in [2.45, 2.75) is 39.2 Å². The highest BCUT2D eigenvalue weighted by molar-refractivity contribution is 5.97. The SMILES string of the molecule is Cn1ccc(C(=O)C2CCN(C(=O)OC(C)(C)C)CC2)c1. The minimum Gasteiger partial charge on any atom is -0.444 e. The summed E-state index contributed by atoms with van der Waals surface area (Å²) in [7, 11) is 1.90. The van der Waals surface area contributed by atoms with Crippen molar-refractivity contribution in [1.29, 1.82) is 0 Å². The Morgan fingerprint density at radius 3 is 2.33 bits per heavy atom.